The molecule has 0 radical (unpaired) electrons. The van der Waals surface area contributed by atoms with Gasteiger partial charge in [0.2, 0.25) is 0 Å². The van der Waals surface area contributed by atoms with Gasteiger partial charge in [-0.15, -0.1) is 0 Å². The van der Waals surface area contributed by atoms with Crippen LogP contribution in [0.4, 0.5) is 17.1 Å². The summed E-state index contributed by atoms with van der Waals surface area (Å²) in [6, 6.07) is 22.6. The van der Waals surface area contributed by atoms with E-state index in [0.717, 1.165) is 30.5 Å². The van der Waals surface area contributed by atoms with Crippen molar-refractivity contribution in [1.29, 1.82) is 0 Å². The van der Waals surface area contributed by atoms with Crippen LogP contribution in [0, 0.1) is 0 Å². The number of benzene rings is 3. The van der Waals surface area contributed by atoms with Crippen LogP contribution in [0.25, 0.3) is 0 Å². The highest BCUT2D eigenvalue weighted by Crippen LogP contribution is 2.46. The Morgan fingerprint density at radius 2 is 0.885 bits per heavy atom. The minimum Gasteiger partial charge on any atom is -0.304 e. The Morgan fingerprint density at radius 1 is 0.577 bits per heavy atom. The summed E-state index contributed by atoms with van der Waals surface area (Å²) < 4.78 is 16.4. The van der Waals surface area contributed by atoms with Crippen LogP contribution < -0.4 is 15.3 Å². The molecule has 0 amide bonds. The Bertz CT molecular complexity index is 845. The van der Waals surface area contributed by atoms with Gasteiger partial charge in [-0.05, 0) is 54.6 Å². The maximum atomic E-state index is 13.7. The van der Waals surface area contributed by atoms with E-state index in [2.05, 4.69) is 63.1 Å². The monoisotopic (exact) mass is 557 g/mol. The van der Waals surface area contributed by atoms with Gasteiger partial charge in [-0.1, -0.05) is 66.0 Å². The van der Waals surface area contributed by atoms with Gasteiger partial charge in [-0.2, -0.15) is 0 Å². The van der Waals surface area contributed by atoms with Crippen molar-refractivity contribution in [2.45, 2.75) is 0 Å². The third-order valence-corrected chi connectivity index (χ3v) is 6.53. The molecule has 0 unspecified atom stereocenters. The third kappa shape index (κ3) is 5.61. The molecule has 26 heavy (non-hydrogen) atoms. The van der Waals surface area contributed by atoms with Gasteiger partial charge in [0.1, 0.15) is 0 Å². The lowest BCUT2D eigenvalue weighted by molar-refractivity contribution is 0.585. The molecular formula is C18H15Br3N3OP. The van der Waals surface area contributed by atoms with Crippen LogP contribution in [0.15, 0.2) is 86.2 Å². The number of rotatable bonds is 6. The minimum absolute atomic E-state index is 0.729. The lowest BCUT2D eigenvalue weighted by atomic mass is 10.3. The average Bonchev–Trinajstić information content (AvgIpc) is 2.54. The van der Waals surface area contributed by atoms with Gasteiger partial charge in [-0.3, -0.25) is 4.57 Å². The second-order valence-corrected chi connectivity index (χ2v) is 10.1. The van der Waals surface area contributed by atoms with Crippen molar-refractivity contribution in [3.8, 4) is 0 Å². The molecule has 3 rings (SSSR count). The maximum Gasteiger partial charge on any atom is 0.352 e. The molecule has 0 atom stereocenters. The average molecular weight is 560 g/mol. The second kappa shape index (κ2) is 8.61. The van der Waals surface area contributed by atoms with Gasteiger partial charge in [0, 0.05) is 30.5 Å². The standard InChI is InChI=1S/C18H15Br3N3OP/c19-13-4-1-7-16(10-13)22-26(25,23-17-8-2-5-14(20)11-17)24-18-9-3-6-15(21)12-18/h1-12H,(H3,22,23,24,25). The molecule has 0 bridgehead atoms. The van der Waals surface area contributed by atoms with E-state index in [1.807, 2.05) is 72.8 Å². The van der Waals surface area contributed by atoms with Gasteiger partial charge < -0.3 is 15.3 Å². The van der Waals surface area contributed by atoms with Gasteiger partial charge in [0.15, 0.2) is 0 Å². The van der Waals surface area contributed by atoms with Gasteiger partial charge in [-0.25, -0.2) is 0 Å². The fourth-order valence-corrected chi connectivity index (χ4v) is 5.18. The molecular weight excluding hydrogens is 545 g/mol. The van der Waals surface area contributed by atoms with Crippen LogP contribution in [-0.2, 0) is 4.57 Å². The molecule has 3 aromatic carbocycles. The molecule has 0 aliphatic rings. The summed E-state index contributed by atoms with van der Waals surface area (Å²) in [4.78, 5) is 0. The number of nitrogens with one attached hydrogen (secondary N) is 3. The van der Waals surface area contributed by atoms with Gasteiger partial charge in [0.25, 0.3) is 0 Å². The van der Waals surface area contributed by atoms with Crippen LogP contribution in [0.1, 0.15) is 0 Å². The minimum atomic E-state index is -3.26. The zero-order valence-electron chi connectivity index (χ0n) is 13.4. The van der Waals surface area contributed by atoms with E-state index < -0.39 is 7.59 Å². The predicted octanol–water partition coefficient (Wildman–Crippen LogP) is 7.72. The molecule has 0 heterocycles. The largest absolute Gasteiger partial charge is 0.352 e. The van der Waals surface area contributed by atoms with Crippen molar-refractivity contribution in [1.82, 2.24) is 0 Å². The van der Waals surface area contributed by atoms with Crippen molar-refractivity contribution in [3.63, 3.8) is 0 Å². The number of hydrogen-bond donors (Lipinski definition) is 3. The molecule has 0 saturated carbocycles. The van der Waals surface area contributed by atoms with Gasteiger partial charge >= 0.3 is 7.59 Å². The zero-order valence-corrected chi connectivity index (χ0v) is 19.1. The summed E-state index contributed by atoms with van der Waals surface area (Å²) >= 11 is 10.3. The lowest BCUT2D eigenvalue weighted by Gasteiger charge is -2.24. The first-order chi connectivity index (χ1) is 12.4. The number of hydrogen-bond acceptors (Lipinski definition) is 1. The molecule has 134 valence electrons. The predicted molar refractivity (Wildman–Crippen MR) is 121 cm³/mol. The highest BCUT2D eigenvalue weighted by atomic mass is 79.9. The molecule has 0 aliphatic carbocycles. The fourth-order valence-electron chi connectivity index (χ4n) is 2.30. The first kappa shape index (κ1) is 19.5. The summed E-state index contributed by atoms with van der Waals surface area (Å²) in [6.45, 7) is 0. The normalized spacial score (nSPS) is 11.0. The summed E-state index contributed by atoms with van der Waals surface area (Å²) in [5.41, 5.74) is 2.19. The van der Waals surface area contributed by atoms with Crippen molar-refractivity contribution in [2.75, 3.05) is 15.3 Å². The number of halogens is 3. The SMILES string of the molecule is O=P(Nc1cccc(Br)c1)(Nc1cccc(Br)c1)Nc1cccc(Br)c1. The lowest BCUT2D eigenvalue weighted by Crippen LogP contribution is -2.14. The van der Waals surface area contributed by atoms with E-state index >= 15 is 0 Å². The van der Waals surface area contributed by atoms with E-state index in [4.69, 9.17) is 0 Å². The van der Waals surface area contributed by atoms with Crippen molar-refractivity contribution >= 4 is 72.4 Å². The van der Waals surface area contributed by atoms with Crippen molar-refractivity contribution in [3.05, 3.63) is 86.2 Å². The van der Waals surface area contributed by atoms with E-state index in [0.29, 0.717) is 0 Å². The molecule has 0 fully saturated rings. The molecule has 8 heteroatoms. The van der Waals surface area contributed by atoms with Crippen LogP contribution in [0.5, 0.6) is 0 Å². The second-order valence-electron chi connectivity index (χ2n) is 5.48. The summed E-state index contributed by atoms with van der Waals surface area (Å²) in [5.74, 6) is 0. The van der Waals surface area contributed by atoms with Gasteiger partial charge in [0.05, 0.1) is 0 Å². The topological polar surface area (TPSA) is 53.2 Å². The van der Waals surface area contributed by atoms with Crippen molar-refractivity contribution in [2.24, 2.45) is 0 Å². The van der Waals surface area contributed by atoms with Crippen LogP contribution in [-0.4, -0.2) is 0 Å². The van der Waals surface area contributed by atoms with Crippen LogP contribution >= 0.6 is 55.4 Å². The van der Waals surface area contributed by atoms with E-state index in [9.17, 15) is 4.57 Å². The first-order valence-corrected chi connectivity index (χ1v) is 11.7. The molecule has 0 aromatic heterocycles. The van der Waals surface area contributed by atoms with E-state index in [1.54, 1.807) is 0 Å². The Kier molecular flexibility index (Phi) is 6.46. The molecule has 3 aromatic rings. The third-order valence-electron chi connectivity index (χ3n) is 3.33. The molecule has 0 spiro atoms. The highest BCUT2D eigenvalue weighted by molar-refractivity contribution is 9.11. The molecule has 0 saturated heterocycles. The quantitative estimate of drug-likeness (QED) is 0.271. The first-order valence-electron chi connectivity index (χ1n) is 7.63. The van der Waals surface area contributed by atoms with Crippen LogP contribution in [0.2, 0.25) is 0 Å². The summed E-state index contributed by atoms with van der Waals surface area (Å²) in [7, 11) is -3.26. The van der Waals surface area contributed by atoms with Crippen LogP contribution in [0.3, 0.4) is 0 Å². The maximum absolute atomic E-state index is 13.7. The fraction of sp³-hybridized carbons (Fsp3) is 0. The van der Waals surface area contributed by atoms with Crippen molar-refractivity contribution < 1.29 is 4.57 Å². The zero-order chi connectivity index (χ0) is 18.6. The Hall–Kier alpha value is -1.27. The van der Waals surface area contributed by atoms with E-state index in [1.165, 1.54) is 0 Å². The Labute approximate surface area is 177 Å². The number of anilines is 3. The molecule has 0 aliphatic heterocycles. The Morgan fingerprint density at radius 3 is 1.15 bits per heavy atom. The molecule has 3 N–H and O–H groups in total. The Balaban J connectivity index is 1.92. The highest BCUT2D eigenvalue weighted by Gasteiger charge is 2.22. The molecule has 4 nitrogen and oxygen atoms in total. The van der Waals surface area contributed by atoms with E-state index in [-0.39, 0.29) is 0 Å². The summed E-state index contributed by atoms with van der Waals surface area (Å²) in [5, 5.41) is 9.31. The summed E-state index contributed by atoms with van der Waals surface area (Å²) in [6.07, 6.45) is 0. The smallest absolute Gasteiger partial charge is 0.304 e.